The maximum Gasteiger partial charge on any atom is 0.296 e. The summed E-state index contributed by atoms with van der Waals surface area (Å²) >= 11 is 12.6. The van der Waals surface area contributed by atoms with Gasteiger partial charge in [-0.1, -0.05) is 60.5 Å². The average Bonchev–Trinajstić information content (AvgIpc) is 2.89. The van der Waals surface area contributed by atoms with Crippen LogP contribution in [0.1, 0.15) is 29.8 Å². The Labute approximate surface area is 234 Å². The van der Waals surface area contributed by atoms with E-state index >= 15 is 0 Å². The molecule has 0 spiro atoms. The SMILES string of the molecule is CCOc1ccc(NC(=O)c2cc3ccccc3c(N=Nc3ccc(CC)c(S(=O)(=O)O)c3Cl)c2O)c(Cl)c1. The summed E-state index contributed by atoms with van der Waals surface area (Å²) in [5.74, 6) is -0.576. The molecule has 4 rings (SSSR count). The van der Waals surface area contributed by atoms with Crippen LogP contribution in [0.4, 0.5) is 17.1 Å². The molecular formula is C27H23Cl2N3O6S. The van der Waals surface area contributed by atoms with Crippen molar-refractivity contribution in [2.75, 3.05) is 11.9 Å². The molecule has 3 N–H and O–H groups in total. The molecule has 0 bridgehead atoms. The van der Waals surface area contributed by atoms with Crippen LogP contribution in [0.2, 0.25) is 10.0 Å². The van der Waals surface area contributed by atoms with Crippen LogP contribution >= 0.6 is 23.2 Å². The third-order valence-electron chi connectivity index (χ3n) is 5.79. The normalized spacial score (nSPS) is 11.7. The lowest BCUT2D eigenvalue weighted by Gasteiger charge is -2.13. The minimum atomic E-state index is -4.64. The second-order valence-corrected chi connectivity index (χ2v) is 10.4. The van der Waals surface area contributed by atoms with Gasteiger partial charge in [-0.2, -0.15) is 8.42 Å². The Morgan fingerprint density at radius 1 is 1.03 bits per heavy atom. The Balaban J connectivity index is 1.78. The van der Waals surface area contributed by atoms with Gasteiger partial charge in [0.25, 0.3) is 16.0 Å². The highest BCUT2D eigenvalue weighted by atomic mass is 35.5. The number of carbonyl (C=O) groups is 1. The van der Waals surface area contributed by atoms with Crippen molar-refractivity contribution in [1.29, 1.82) is 0 Å². The molecule has 12 heteroatoms. The van der Waals surface area contributed by atoms with Crippen molar-refractivity contribution in [2.45, 2.75) is 25.2 Å². The average molecular weight is 588 g/mol. The lowest BCUT2D eigenvalue weighted by molar-refractivity contribution is 0.102. The molecule has 1 amide bonds. The maximum absolute atomic E-state index is 13.2. The number of nitrogens with zero attached hydrogens (tertiary/aromatic N) is 2. The first-order chi connectivity index (χ1) is 18.5. The van der Waals surface area contributed by atoms with Gasteiger partial charge in [0.05, 0.1) is 27.9 Å². The van der Waals surface area contributed by atoms with Gasteiger partial charge in [-0.05, 0) is 48.6 Å². The van der Waals surface area contributed by atoms with Crippen LogP contribution in [0.25, 0.3) is 10.8 Å². The standard InChI is InChI=1S/C27H23Cl2N3O6S/c1-3-15-9-11-22(23(29)26(15)39(35,36)37)31-32-24-18-8-6-5-7-16(18)13-19(25(24)33)27(34)30-21-12-10-17(38-4-2)14-20(21)28/h5-14,33H,3-4H2,1-2H3,(H,30,34)(H,35,36,37). The Kier molecular flexibility index (Phi) is 8.41. The maximum atomic E-state index is 13.2. The number of aromatic hydroxyl groups is 1. The van der Waals surface area contributed by atoms with Gasteiger partial charge in [0.1, 0.15) is 22.0 Å². The van der Waals surface area contributed by atoms with E-state index in [9.17, 15) is 22.9 Å². The zero-order valence-corrected chi connectivity index (χ0v) is 23.1. The summed E-state index contributed by atoms with van der Waals surface area (Å²) in [6.07, 6.45) is 0.299. The van der Waals surface area contributed by atoms with Crippen molar-refractivity contribution >= 4 is 67.1 Å². The minimum Gasteiger partial charge on any atom is -0.505 e. The van der Waals surface area contributed by atoms with Gasteiger partial charge in [-0.25, -0.2) is 0 Å². The van der Waals surface area contributed by atoms with E-state index in [1.165, 1.54) is 18.2 Å². The smallest absolute Gasteiger partial charge is 0.296 e. The Hall–Kier alpha value is -3.70. The molecule has 39 heavy (non-hydrogen) atoms. The molecule has 0 unspecified atom stereocenters. The number of amides is 1. The van der Waals surface area contributed by atoms with Crippen LogP contribution in [0.3, 0.4) is 0 Å². The first-order valence-corrected chi connectivity index (χ1v) is 13.9. The van der Waals surface area contributed by atoms with E-state index in [0.717, 1.165) is 0 Å². The van der Waals surface area contributed by atoms with Crippen molar-refractivity contribution < 1.29 is 27.6 Å². The fourth-order valence-electron chi connectivity index (χ4n) is 3.96. The molecule has 202 valence electrons. The lowest BCUT2D eigenvalue weighted by Crippen LogP contribution is -2.12. The Bertz CT molecular complexity index is 1720. The summed E-state index contributed by atoms with van der Waals surface area (Å²) in [6.45, 7) is 4.00. The highest BCUT2D eigenvalue weighted by Gasteiger charge is 2.23. The number of phenolic OH excluding ortho intramolecular Hbond substituents is 1. The van der Waals surface area contributed by atoms with Crippen molar-refractivity contribution in [1.82, 2.24) is 0 Å². The van der Waals surface area contributed by atoms with E-state index < -0.39 is 26.7 Å². The summed E-state index contributed by atoms with van der Waals surface area (Å²) in [4.78, 5) is 12.7. The largest absolute Gasteiger partial charge is 0.505 e. The number of halogens is 2. The minimum absolute atomic E-state index is 0.0416. The third kappa shape index (κ3) is 5.99. The number of anilines is 1. The number of fused-ring (bicyclic) bond motifs is 1. The number of nitrogens with one attached hydrogen (secondary N) is 1. The quantitative estimate of drug-likeness (QED) is 0.142. The fourth-order valence-corrected chi connectivity index (χ4v) is 5.57. The summed E-state index contributed by atoms with van der Waals surface area (Å²) in [5, 5.41) is 22.9. The number of carbonyl (C=O) groups excluding carboxylic acids is 1. The number of hydrogen-bond acceptors (Lipinski definition) is 7. The van der Waals surface area contributed by atoms with Crippen LogP contribution in [0.5, 0.6) is 11.5 Å². The third-order valence-corrected chi connectivity index (χ3v) is 7.58. The van der Waals surface area contributed by atoms with Crippen molar-refractivity contribution in [3.63, 3.8) is 0 Å². The Morgan fingerprint density at radius 2 is 1.77 bits per heavy atom. The van der Waals surface area contributed by atoms with Gasteiger partial charge in [-0.3, -0.25) is 9.35 Å². The highest BCUT2D eigenvalue weighted by molar-refractivity contribution is 7.86. The van der Waals surface area contributed by atoms with E-state index in [-0.39, 0.29) is 27.0 Å². The molecule has 9 nitrogen and oxygen atoms in total. The van der Waals surface area contributed by atoms with Crippen LogP contribution in [0, 0.1) is 0 Å². The number of aryl methyl sites for hydroxylation is 1. The molecule has 4 aromatic rings. The van der Waals surface area contributed by atoms with Gasteiger partial charge in [0.2, 0.25) is 0 Å². The topological polar surface area (TPSA) is 138 Å². The first kappa shape index (κ1) is 28.3. The van der Waals surface area contributed by atoms with Gasteiger partial charge in [-0.15, -0.1) is 10.2 Å². The fraction of sp³-hybridized carbons (Fsp3) is 0.148. The molecule has 0 heterocycles. The van der Waals surface area contributed by atoms with Crippen LogP contribution in [-0.4, -0.2) is 30.6 Å². The summed E-state index contributed by atoms with van der Waals surface area (Å²) < 4.78 is 38.9. The molecule has 0 aliphatic rings. The molecule has 0 aliphatic carbocycles. The van der Waals surface area contributed by atoms with Crippen LogP contribution in [-0.2, 0) is 16.5 Å². The number of ether oxygens (including phenoxy) is 1. The van der Waals surface area contributed by atoms with E-state index in [1.807, 2.05) is 6.92 Å². The number of hydrogen-bond donors (Lipinski definition) is 3. The lowest BCUT2D eigenvalue weighted by atomic mass is 10.0. The summed E-state index contributed by atoms with van der Waals surface area (Å²) in [5.41, 5.74) is 0.419. The highest BCUT2D eigenvalue weighted by Crippen LogP contribution is 2.41. The summed E-state index contributed by atoms with van der Waals surface area (Å²) in [6, 6.07) is 16.1. The molecule has 4 aromatic carbocycles. The molecule has 0 radical (unpaired) electrons. The molecule has 0 aliphatic heterocycles. The van der Waals surface area contributed by atoms with Gasteiger partial charge < -0.3 is 15.2 Å². The monoisotopic (exact) mass is 587 g/mol. The molecule has 0 fully saturated rings. The summed E-state index contributed by atoms with van der Waals surface area (Å²) in [7, 11) is -4.64. The van der Waals surface area contributed by atoms with E-state index in [2.05, 4.69) is 15.5 Å². The molecule has 0 saturated heterocycles. The van der Waals surface area contributed by atoms with Gasteiger partial charge in [0, 0.05) is 11.5 Å². The van der Waals surface area contributed by atoms with E-state index in [1.54, 1.807) is 49.4 Å². The van der Waals surface area contributed by atoms with Crippen molar-refractivity contribution in [2.24, 2.45) is 10.2 Å². The second-order valence-electron chi connectivity index (χ2n) is 8.29. The number of azo groups is 1. The predicted molar refractivity (Wildman–Crippen MR) is 151 cm³/mol. The van der Waals surface area contributed by atoms with Gasteiger partial charge in [0.15, 0.2) is 5.75 Å². The molecule has 0 aromatic heterocycles. The molecular weight excluding hydrogens is 565 g/mol. The molecule has 0 atom stereocenters. The Morgan fingerprint density at radius 3 is 2.44 bits per heavy atom. The van der Waals surface area contributed by atoms with Crippen LogP contribution < -0.4 is 10.1 Å². The number of benzene rings is 4. The zero-order valence-electron chi connectivity index (χ0n) is 20.8. The molecule has 0 saturated carbocycles. The van der Waals surface area contributed by atoms with E-state index in [4.69, 9.17) is 27.9 Å². The van der Waals surface area contributed by atoms with Crippen molar-refractivity contribution in [3.8, 4) is 11.5 Å². The van der Waals surface area contributed by atoms with Crippen LogP contribution in [0.15, 0.2) is 75.8 Å². The predicted octanol–water partition coefficient (Wildman–Crippen LogP) is 7.73. The van der Waals surface area contributed by atoms with Crippen molar-refractivity contribution in [3.05, 3.63) is 81.8 Å². The second kappa shape index (κ2) is 11.6. The van der Waals surface area contributed by atoms with Gasteiger partial charge >= 0.3 is 0 Å². The first-order valence-electron chi connectivity index (χ1n) is 11.7. The zero-order chi connectivity index (χ0) is 28.3. The van der Waals surface area contributed by atoms with E-state index in [0.29, 0.717) is 40.8 Å². The number of rotatable bonds is 8. The number of phenols is 1.